The summed E-state index contributed by atoms with van der Waals surface area (Å²) in [5.41, 5.74) is 2.80. The Labute approximate surface area is 200 Å². The first-order valence-electron chi connectivity index (χ1n) is 10.1. The van der Waals surface area contributed by atoms with E-state index in [2.05, 4.69) is 33.2 Å². The van der Waals surface area contributed by atoms with Crippen molar-refractivity contribution in [2.24, 2.45) is 5.10 Å². The summed E-state index contributed by atoms with van der Waals surface area (Å²) in [6, 6.07) is 14.8. The van der Waals surface area contributed by atoms with Gasteiger partial charge in [-0.3, -0.25) is 0 Å². The summed E-state index contributed by atoms with van der Waals surface area (Å²) in [5.74, 6) is -0.338. The molecular formula is C23H23BrClN3O2S. The SMILES string of the molecule is CCCCCCOC(=O)c1ccccc1/C=N/N(Br)c1nc(-c2ccccc2Cl)cs1. The van der Waals surface area contributed by atoms with E-state index in [-0.39, 0.29) is 5.97 Å². The van der Waals surface area contributed by atoms with Crippen molar-refractivity contribution < 1.29 is 9.53 Å². The van der Waals surface area contributed by atoms with Crippen LogP contribution in [0.15, 0.2) is 59.0 Å². The van der Waals surface area contributed by atoms with Crippen LogP contribution in [-0.2, 0) is 4.74 Å². The largest absolute Gasteiger partial charge is 0.462 e. The van der Waals surface area contributed by atoms with Gasteiger partial charge in [-0.2, -0.15) is 9.14 Å². The molecule has 1 heterocycles. The summed E-state index contributed by atoms with van der Waals surface area (Å²) < 4.78 is 6.91. The Morgan fingerprint density at radius 3 is 2.77 bits per heavy atom. The predicted molar refractivity (Wildman–Crippen MR) is 132 cm³/mol. The minimum absolute atomic E-state index is 0.338. The van der Waals surface area contributed by atoms with E-state index < -0.39 is 0 Å². The van der Waals surface area contributed by atoms with Crippen LogP contribution in [0.5, 0.6) is 0 Å². The average Bonchev–Trinajstić information content (AvgIpc) is 3.28. The maximum atomic E-state index is 12.5. The molecule has 3 aromatic rings. The molecule has 0 aliphatic carbocycles. The highest BCUT2D eigenvalue weighted by Crippen LogP contribution is 2.32. The lowest BCUT2D eigenvalue weighted by atomic mass is 10.1. The molecule has 0 spiro atoms. The van der Waals surface area contributed by atoms with Crippen LogP contribution in [0.3, 0.4) is 0 Å². The number of esters is 1. The number of hydrazone groups is 1. The monoisotopic (exact) mass is 519 g/mol. The lowest BCUT2D eigenvalue weighted by Gasteiger charge is -2.08. The molecule has 1 aromatic heterocycles. The van der Waals surface area contributed by atoms with Crippen LogP contribution in [-0.4, -0.2) is 23.8 Å². The summed E-state index contributed by atoms with van der Waals surface area (Å²) in [7, 11) is 0. The number of carbonyl (C=O) groups is 1. The smallest absolute Gasteiger partial charge is 0.338 e. The van der Waals surface area contributed by atoms with E-state index in [9.17, 15) is 4.79 Å². The van der Waals surface area contributed by atoms with Crippen LogP contribution in [0.1, 0.15) is 48.5 Å². The van der Waals surface area contributed by atoms with Crippen molar-refractivity contribution in [1.82, 2.24) is 4.98 Å². The lowest BCUT2D eigenvalue weighted by molar-refractivity contribution is 0.0497. The van der Waals surface area contributed by atoms with Crippen molar-refractivity contribution in [3.05, 3.63) is 70.1 Å². The molecule has 3 rings (SSSR count). The highest BCUT2D eigenvalue weighted by molar-refractivity contribution is 9.10. The summed E-state index contributed by atoms with van der Waals surface area (Å²) >= 11 is 11.1. The molecule has 0 aliphatic heterocycles. The summed E-state index contributed by atoms with van der Waals surface area (Å²) in [5, 5.41) is 7.60. The third-order valence-corrected chi connectivity index (χ3v) is 6.41. The van der Waals surface area contributed by atoms with Gasteiger partial charge in [0.2, 0.25) is 5.13 Å². The number of unbranched alkanes of at least 4 members (excludes halogenated alkanes) is 3. The van der Waals surface area contributed by atoms with Crippen molar-refractivity contribution in [1.29, 1.82) is 0 Å². The Morgan fingerprint density at radius 2 is 1.97 bits per heavy atom. The number of hydrogen-bond acceptors (Lipinski definition) is 6. The van der Waals surface area contributed by atoms with Crippen molar-refractivity contribution in [2.45, 2.75) is 32.6 Å². The molecule has 31 heavy (non-hydrogen) atoms. The molecule has 0 amide bonds. The summed E-state index contributed by atoms with van der Waals surface area (Å²) in [6.07, 6.45) is 5.85. The topological polar surface area (TPSA) is 54.8 Å². The van der Waals surface area contributed by atoms with Gasteiger partial charge in [-0.15, -0.1) is 11.3 Å². The van der Waals surface area contributed by atoms with Crippen LogP contribution in [0.2, 0.25) is 5.02 Å². The molecule has 0 atom stereocenters. The van der Waals surface area contributed by atoms with Crippen molar-refractivity contribution in [2.75, 3.05) is 10.6 Å². The first-order valence-corrected chi connectivity index (χ1v) is 12.0. The molecule has 0 bridgehead atoms. The highest BCUT2D eigenvalue weighted by Gasteiger charge is 2.13. The normalized spacial score (nSPS) is 11.1. The van der Waals surface area contributed by atoms with Crippen LogP contribution in [0, 0.1) is 0 Å². The van der Waals surface area contributed by atoms with Gasteiger partial charge in [-0.1, -0.05) is 74.2 Å². The molecule has 162 valence electrons. The summed E-state index contributed by atoms with van der Waals surface area (Å²) in [4.78, 5) is 17.1. The molecule has 8 heteroatoms. The third-order valence-electron chi connectivity index (χ3n) is 4.51. The van der Waals surface area contributed by atoms with E-state index >= 15 is 0 Å². The van der Waals surface area contributed by atoms with Crippen molar-refractivity contribution in [3.8, 4) is 11.3 Å². The molecule has 0 fully saturated rings. The van der Waals surface area contributed by atoms with Gasteiger partial charge in [0.1, 0.15) is 0 Å². The van der Waals surface area contributed by atoms with E-state index in [4.69, 9.17) is 16.3 Å². The standard InChI is InChI=1S/C23H23BrClN3O2S/c1-2-3-4-9-14-30-22(29)18-11-6-5-10-17(18)15-26-28(24)23-27-21(16-31-23)19-12-7-8-13-20(19)25/h5-8,10-13,15-16H,2-4,9,14H2,1H3/b26-15+. The first-order chi connectivity index (χ1) is 15.1. The maximum Gasteiger partial charge on any atom is 0.338 e. The first kappa shape index (κ1) is 23.4. The molecule has 0 radical (unpaired) electrons. The van der Waals surface area contributed by atoms with Gasteiger partial charge in [0.05, 0.1) is 40.2 Å². The number of thiazole rings is 1. The number of carbonyl (C=O) groups excluding carboxylic acids is 1. The van der Waals surface area contributed by atoms with Gasteiger partial charge in [0, 0.05) is 21.5 Å². The zero-order valence-electron chi connectivity index (χ0n) is 17.1. The van der Waals surface area contributed by atoms with E-state index in [0.29, 0.717) is 27.9 Å². The van der Waals surface area contributed by atoms with E-state index in [1.807, 2.05) is 47.8 Å². The van der Waals surface area contributed by atoms with E-state index in [1.165, 1.54) is 15.4 Å². The fourth-order valence-electron chi connectivity index (χ4n) is 2.87. The van der Waals surface area contributed by atoms with Crippen LogP contribution in [0.25, 0.3) is 11.3 Å². The number of ether oxygens (including phenoxy) is 1. The second-order valence-corrected chi connectivity index (χ2v) is 8.70. The predicted octanol–water partition coefficient (Wildman–Crippen LogP) is 7.35. The lowest BCUT2D eigenvalue weighted by Crippen LogP contribution is -2.10. The molecule has 5 nitrogen and oxygen atoms in total. The minimum Gasteiger partial charge on any atom is -0.462 e. The minimum atomic E-state index is -0.338. The van der Waals surface area contributed by atoms with Gasteiger partial charge < -0.3 is 4.74 Å². The number of aromatic nitrogens is 1. The Kier molecular flexibility index (Phi) is 9.06. The van der Waals surface area contributed by atoms with Crippen molar-refractivity contribution >= 4 is 56.4 Å². The second kappa shape index (κ2) is 12.0. The number of anilines is 1. The molecule has 0 unspecified atom stereocenters. The fourth-order valence-corrected chi connectivity index (χ4v) is 4.21. The van der Waals surface area contributed by atoms with Crippen LogP contribution >= 0.6 is 39.1 Å². The highest BCUT2D eigenvalue weighted by atomic mass is 79.9. The Hall–Kier alpha value is -2.22. The number of hydrogen-bond donors (Lipinski definition) is 0. The molecule has 0 saturated heterocycles. The molecule has 0 N–H and O–H groups in total. The fraction of sp³-hybridized carbons (Fsp3) is 0.261. The molecule has 0 aliphatic rings. The van der Waals surface area contributed by atoms with Gasteiger partial charge in [-0.25, -0.2) is 9.78 Å². The zero-order valence-corrected chi connectivity index (χ0v) is 20.3. The molecule has 2 aromatic carbocycles. The number of benzene rings is 2. The quantitative estimate of drug-likeness (QED) is 0.0922. The average molecular weight is 521 g/mol. The van der Waals surface area contributed by atoms with E-state index in [0.717, 1.165) is 36.9 Å². The van der Waals surface area contributed by atoms with Gasteiger partial charge in [-0.05, 0) is 18.6 Å². The van der Waals surface area contributed by atoms with Crippen LogP contribution in [0.4, 0.5) is 5.13 Å². The third kappa shape index (κ3) is 6.63. The van der Waals surface area contributed by atoms with Crippen LogP contribution < -0.4 is 4.03 Å². The molecule has 0 saturated carbocycles. The maximum absolute atomic E-state index is 12.5. The number of rotatable bonds is 10. The second-order valence-electron chi connectivity index (χ2n) is 6.78. The van der Waals surface area contributed by atoms with Gasteiger partial charge in [0.25, 0.3) is 0 Å². The Balaban J connectivity index is 1.67. The Bertz CT molecular complexity index is 1040. The van der Waals surface area contributed by atoms with Crippen molar-refractivity contribution in [3.63, 3.8) is 0 Å². The molecular weight excluding hydrogens is 498 g/mol. The number of halogens is 2. The van der Waals surface area contributed by atoms with E-state index in [1.54, 1.807) is 12.3 Å². The zero-order chi connectivity index (χ0) is 22.1. The Morgan fingerprint density at radius 1 is 1.19 bits per heavy atom. The van der Waals surface area contributed by atoms with Gasteiger partial charge >= 0.3 is 5.97 Å². The number of nitrogens with zero attached hydrogens (tertiary/aromatic N) is 3. The summed E-state index contributed by atoms with van der Waals surface area (Å²) in [6.45, 7) is 2.58. The van der Waals surface area contributed by atoms with Gasteiger partial charge in [0.15, 0.2) is 0 Å².